The lowest BCUT2D eigenvalue weighted by Gasteiger charge is -1.90. The molecule has 0 fully saturated rings. The van der Waals surface area contributed by atoms with Gasteiger partial charge in [0.2, 0.25) is 5.89 Å². The number of hydrogen-bond donors (Lipinski definition) is 0. The number of unbranched alkanes of at least 4 members (excludes halogenated alkanes) is 1. The van der Waals surface area contributed by atoms with Gasteiger partial charge in [-0.1, -0.05) is 11.8 Å². The van der Waals surface area contributed by atoms with E-state index in [0.717, 1.165) is 18.6 Å². The molecule has 0 atom stereocenters. The van der Waals surface area contributed by atoms with Gasteiger partial charge in [-0.3, -0.25) is 0 Å². The molecule has 0 radical (unpaired) electrons. The van der Waals surface area contributed by atoms with E-state index >= 15 is 0 Å². The molecular weight excluding hydrogens is 172 g/mol. The van der Waals surface area contributed by atoms with Crippen LogP contribution in [0.15, 0.2) is 9.64 Å². The highest BCUT2D eigenvalue weighted by Gasteiger charge is 2.00. The molecule has 0 bridgehead atoms. The first-order valence-corrected chi connectivity index (χ1v) is 4.68. The van der Waals surface area contributed by atoms with Crippen molar-refractivity contribution in [3.63, 3.8) is 0 Å². The SMILES string of the molecule is C#CCCCSc1nnc(C)o1. The highest BCUT2D eigenvalue weighted by Crippen LogP contribution is 2.16. The minimum atomic E-state index is 0.606. The van der Waals surface area contributed by atoms with Crippen LogP contribution in [-0.2, 0) is 0 Å². The molecule has 1 aromatic heterocycles. The van der Waals surface area contributed by atoms with Crippen LogP contribution in [0.5, 0.6) is 0 Å². The fourth-order valence-corrected chi connectivity index (χ4v) is 1.41. The number of rotatable bonds is 4. The van der Waals surface area contributed by atoms with Crippen LogP contribution in [0, 0.1) is 19.3 Å². The van der Waals surface area contributed by atoms with Crippen molar-refractivity contribution in [2.75, 3.05) is 5.75 Å². The van der Waals surface area contributed by atoms with Gasteiger partial charge < -0.3 is 4.42 Å². The molecule has 64 valence electrons. The topological polar surface area (TPSA) is 38.9 Å². The average Bonchev–Trinajstić information content (AvgIpc) is 2.45. The van der Waals surface area contributed by atoms with Crippen LogP contribution in [0.1, 0.15) is 18.7 Å². The molecular formula is C8H10N2OS. The van der Waals surface area contributed by atoms with Crippen LogP contribution < -0.4 is 0 Å². The molecule has 1 rings (SSSR count). The number of terminal acetylenes is 1. The summed E-state index contributed by atoms with van der Waals surface area (Å²) in [6, 6.07) is 0. The number of thioether (sulfide) groups is 1. The largest absolute Gasteiger partial charge is 0.416 e. The highest BCUT2D eigenvalue weighted by molar-refractivity contribution is 7.99. The lowest BCUT2D eigenvalue weighted by molar-refractivity contribution is 0.429. The molecule has 1 heterocycles. The molecule has 0 aliphatic heterocycles. The summed E-state index contributed by atoms with van der Waals surface area (Å²) in [5.74, 6) is 4.12. The van der Waals surface area contributed by atoms with E-state index in [1.165, 1.54) is 0 Å². The van der Waals surface area contributed by atoms with Crippen LogP contribution in [0.2, 0.25) is 0 Å². The van der Waals surface area contributed by atoms with Crippen molar-refractivity contribution in [3.8, 4) is 12.3 Å². The standard InChI is InChI=1S/C8H10N2OS/c1-3-4-5-6-12-8-10-9-7(2)11-8/h1H,4-6H2,2H3. The summed E-state index contributed by atoms with van der Waals surface area (Å²) >= 11 is 1.55. The maximum atomic E-state index is 5.15. The van der Waals surface area contributed by atoms with Crippen molar-refractivity contribution in [1.29, 1.82) is 0 Å². The summed E-state index contributed by atoms with van der Waals surface area (Å²) in [4.78, 5) is 0. The van der Waals surface area contributed by atoms with Crippen molar-refractivity contribution in [2.24, 2.45) is 0 Å². The molecule has 0 spiro atoms. The average molecular weight is 182 g/mol. The Morgan fingerprint density at radius 1 is 1.58 bits per heavy atom. The van der Waals surface area contributed by atoms with Crippen LogP contribution in [0.25, 0.3) is 0 Å². The maximum Gasteiger partial charge on any atom is 0.276 e. The highest BCUT2D eigenvalue weighted by atomic mass is 32.2. The first kappa shape index (κ1) is 9.14. The molecule has 0 aliphatic rings. The van der Waals surface area contributed by atoms with Crippen molar-refractivity contribution in [2.45, 2.75) is 25.0 Å². The summed E-state index contributed by atoms with van der Waals surface area (Å²) in [5, 5.41) is 8.17. The van der Waals surface area contributed by atoms with Crippen LogP contribution in [-0.4, -0.2) is 16.0 Å². The Labute approximate surface area is 75.9 Å². The van der Waals surface area contributed by atoms with Gasteiger partial charge in [0.05, 0.1) is 0 Å². The fraction of sp³-hybridized carbons (Fsp3) is 0.500. The zero-order chi connectivity index (χ0) is 8.81. The fourth-order valence-electron chi connectivity index (χ4n) is 0.670. The Bertz CT molecular complexity index is 277. The van der Waals surface area contributed by atoms with Gasteiger partial charge in [0.1, 0.15) is 0 Å². The predicted octanol–water partition coefficient (Wildman–Crippen LogP) is 1.88. The Hall–Kier alpha value is -0.950. The number of aryl methyl sites for hydroxylation is 1. The number of hydrogen-bond acceptors (Lipinski definition) is 4. The second-order valence-electron chi connectivity index (χ2n) is 2.24. The monoisotopic (exact) mass is 182 g/mol. The minimum Gasteiger partial charge on any atom is -0.416 e. The smallest absolute Gasteiger partial charge is 0.276 e. The third-order valence-corrected chi connectivity index (χ3v) is 2.10. The van der Waals surface area contributed by atoms with Crippen molar-refractivity contribution >= 4 is 11.8 Å². The van der Waals surface area contributed by atoms with E-state index < -0.39 is 0 Å². The molecule has 3 nitrogen and oxygen atoms in total. The Morgan fingerprint density at radius 2 is 2.42 bits per heavy atom. The summed E-state index contributed by atoms with van der Waals surface area (Å²) in [6.45, 7) is 1.78. The molecule has 0 saturated carbocycles. The van der Waals surface area contributed by atoms with Crippen molar-refractivity contribution in [1.82, 2.24) is 10.2 Å². The number of nitrogens with zero attached hydrogens (tertiary/aromatic N) is 2. The summed E-state index contributed by atoms with van der Waals surface area (Å²) in [5.41, 5.74) is 0. The van der Waals surface area contributed by atoms with E-state index in [2.05, 4.69) is 16.1 Å². The molecule has 0 aromatic carbocycles. The van der Waals surface area contributed by atoms with E-state index in [0.29, 0.717) is 11.1 Å². The summed E-state index contributed by atoms with van der Waals surface area (Å²) in [7, 11) is 0. The van der Waals surface area contributed by atoms with Crippen molar-refractivity contribution in [3.05, 3.63) is 5.89 Å². The predicted molar refractivity (Wildman–Crippen MR) is 47.8 cm³/mol. The maximum absolute atomic E-state index is 5.15. The lowest BCUT2D eigenvalue weighted by atomic mass is 10.4. The molecule has 0 aliphatic carbocycles. The molecule has 0 N–H and O–H groups in total. The van der Waals surface area contributed by atoms with Crippen molar-refractivity contribution < 1.29 is 4.42 Å². The minimum absolute atomic E-state index is 0.606. The van der Waals surface area contributed by atoms with Gasteiger partial charge in [-0.25, -0.2) is 0 Å². The third-order valence-electron chi connectivity index (χ3n) is 1.20. The van der Waals surface area contributed by atoms with E-state index in [9.17, 15) is 0 Å². The quantitative estimate of drug-likeness (QED) is 0.405. The lowest BCUT2D eigenvalue weighted by Crippen LogP contribution is -1.78. The second kappa shape index (κ2) is 4.83. The van der Waals surface area contributed by atoms with Gasteiger partial charge >= 0.3 is 0 Å². The van der Waals surface area contributed by atoms with E-state index in [-0.39, 0.29) is 0 Å². The van der Waals surface area contributed by atoms with Crippen LogP contribution in [0.3, 0.4) is 0 Å². The van der Waals surface area contributed by atoms with E-state index in [4.69, 9.17) is 10.8 Å². The van der Waals surface area contributed by atoms with Crippen LogP contribution >= 0.6 is 11.8 Å². The van der Waals surface area contributed by atoms with E-state index in [1.807, 2.05) is 0 Å². The van der Waals surface area contributed by atoms with Gasteiger partial charge in [-0.2, -0.15) is 0 Å². The molecule has 4 heteroatoms. The Kier molecular flexibility index (Phi) is 3.68. The zero-order valence-corrected chi connectivity index (χ0v) is 7.73. The van der Waals surface area contributed by atoms with Gasteiger partial charge in [0, 0.05) is 19.1 Å². The molecule has 0 amide bonds. The Morgan fingerprint density at radius 3 is 3.00 bits per heavy atom. The molecule has 0 saturated heterocycles. The normalized spacial score (nSPS) is 9.67. The third kappa shape index (κ3) is 2.97. The van der Waals surface area contributed by atoms with Gasteiger partial charge in [0.15, 0.2) is 0 Å². The first-order chi connectivity index (χ1) is 5.83. The van der Waals surface area contributed by atoms with Gasteiger partial charge in [-0.05, 0) is 6.42 Å². The van der Waals surface area contributed by atoms with Crippen LogP contribution in [0.4, 0.5) is 0 Å². The summed E-state index contributed by atoms with van der Waals surface area (Å²) < 4.78 is 5.15. The first-order valence-electron chi connectivity index (χ1n) is 3.69. The molecule has 0 unspecified atom stereocenters. The zero-order valence-electron chi connectivity index (χ0n) is 6.91. The number of aromatic nitrogens is 2. The molecule has 12 heavy (non-hydrogen) atoms. The van der Waals surface area contributed by atoms with E-state index in [1.54, 1.807) is 18.7 Å². The Balaban J connectivity index is 2.21. The van der Waals surface area contributed by atoms with Gasteiger partial charge in [0.25, 0.3) is 5.22 Å². The molecule has 1 aromatic rings. The summed E-state index contributed by atoms with van der Waals surface area (Å²) in [6.07, 6.45) is 6.90. The second-order valence-corrected chi connectivity index (χ2v) is 3.29. The van der Waals surface area contributed by atoms with Gasteiger partial charge in [-0.15, -0.1) is 22.5 Å².